The molecular weight excluding hydrogens is 242 g/mol. The van der Waals surface area contributed by atoms with Crippen LogP contribution < -0.4 is 0 Å². The molecule has 20 heavy (non-hydrogen) atoms. The summed E-state index contributed by atoms with van der Waals surface area (Å²) < 4.78 is 0. The van der Waals surface area contributed by atoms with Crippen LogP contribution in [0.3, 0.4) is 0 Å². The molecule has 0 saturated carbocycles. The minimum atomic E-state index is 0.380. The van der Waals surface area contributed by atoms with Crippen LogP contribution in [0.1, 0.15) is 82.1 Å². The Hall–Kier alpha value is -0.0400. The third-order valence-electron chi connectivity index (χ3n) is 3.41. The van der Waals surface area contributed by atoms with Crippen molar-refractivity contribution >= 4 is 0 Å². The molecule has 0 aromatic heterocycles. The third-order valence-corrected chi connectivity index (χ3v) is 3.41. The molecule has 0 rings (SSSR count). The van der Waals surface area contributed by atoms with Gasteiger partial charge in [-0.15, -0.1) is 0 Å². The van der Waals surface area contributed by atoms with Gasteiger partial charge in [-0.3, -0.25) is 0 Å². The van der Waals surface area contributed by atoms with Gasteiger partial charge >= 0.3 is 0 Å². The zero-order valence-electron chi connectivity index (χ0n) is 16.3. The van der Waals surface area contributed by atoms with Crippen LogP contribution >= 0.6 is 0 Å². The van der Waals surface area contributed by atoms with Crippen LogP contribution in [-0.4, -0.2) is 25.0 Å². The van der Waals surface area contributed by atoms with Gasteiger partial charge in [-0.05, 0) is 41.5 Å². The fraction of sp³-hybridized carbons (Fsp3) is 1.00. The van der Waals surface area contributed by atoms with Crippen molar-refractivity contribution < 1.29 is 0 Å². The van der Waals surface area contributed by atoms with E-state index in [9.17, 15) is 0 Å². The van der Waals surface area contributed by atoms with E-state index >= 15 is 0 Å². The highest BCUT2D eigenvalue weighted by Crippen LogP contribution is 2.36. The van der Waals surface area contributed by atoms with Crippen molar-refractivity contribution in [2.45, 2.75) is 82.1 Å². The summed E-state index contributed by atoms with van der Waals surface area (Å²) in [7, 11) is 2.29. The average molecular weight is 284 g/mol. The average Bonchev–Trinajstić information content (AvgIpc) is 1.86. The summed E-state index contributed by atoms with van der Waals surface area (Å²) in [5.74, 6) is 0. The van der Waals surface area contributed by atoms with Gasteiger partial charge < -0.3 is 4.90 Å². The molecule has 0 heterocycles. The summed E-state index contributed by atoms with van der Waals surface area (Å²) >= 11 is 0. The lowest BCUT2D eigenvalue weighted by molar-refractivity contribution is 0.0972. The van der Waals surface area contributed by atoms with Gasteiger partial charge in [0.25, 0.3) is 0 Å². The maximum Gasteiger partial charge on any atom is 0.00301 e. The molecule has 0 N–H and O–H groups in total. The maximum atomic E-state index is 2.54. The van der Waals surface area contributed by atoms with E-state index in [-0.39, 0.29) is 0 Å². The van der Waals surface area contributed by atoms with Gasteiger partial charge in [0.15, 0.2) is 0 Å². The molecule has 0 aliphatic rings. The van der Waals surface area contributed by atoms with Gasteiger partial charge in [-0.1, -0.05) is 69.2 Å². The molecule has 0 aromatic carbocycles. The molecule has 0 saturated heterocycles. The summed E-state index contributed by atoms with van der Waals surface area (Å²) in [4.78, 5) is 2.54. The number of hydrogen-bond acceptors (Lipinski definition) is 1. The second-order valence-corrected chi connectivity index (χ2v) is 11.0. The van der Waals surface area contributed by atoms with Crippen molar-refractivity contribution in [2.24, 2.45) is 21.7 Å². The lowest BCUT2D eigenvalue weighted by Gasteiger charge is -2.40. The smallest absolute Gasteiger partial charge is 0.00301 e. The zero-order chi connectivity index (χ0) is 16.4. The molecular formula is C19H41N. The highest BCUT2D eigenvalue weighted by molar-refractivity contribution is 4.83. The van der Waals surface area contributed by atoms with E-state index in [0.717, 1.165) is 0 Å². The van der Waals surface area contributed by atoms with Crippen molar-refractivity contribution in [3.63, 3.8) is 0 Å². The topological polar surface area (TPSA) is 3.24 Å². The van der Waals surface area contributed by atoms with Gasteiger partial charge in [-0.25, -0.2) is 0 Å². The van der Waals surface area contributed by atoms with Crippen LogP contribution in [-0.2, 0) is 0 Å². The molecule has 0 fully saturated rings. The molecule has 0 aliphatic carbocycles. The fourth-order valence-electron chi connectivity index (χ4n) is 4.50. The second kappa shape index (κ2) is 6.38. The fourth-order valence-corrected chi connectivity index (χ4v) is 4.50. The Morgan fingerprint density at radius 3 is 1.00 bits per heavy atom. The molecule has 0 atom stereocenters. The molecule has 0 bridgehead atoms. The first-order valence-corrected chi connectivity index (χ1v) is 8.20. The summed E-state index contributed by atoms with van der Waals surface area (Å²) in [5, 5.41) is 0. The predicted octanol–water partition coefficient (Wildman–Crippen LogP) is 5.84. The Balaban J connectivity index is 4.52. The second-order valence-electron chi connectivity index (χ2n) is 11.0. The van der Waals surface area contributed by atoms with Crippen LogP contribution in [0.15, 0.2) is 0 Å². The summed E-state index contributed by atoms with van der Waals surface area (Å²) in [6.45, 7) is 26.1. The van der Waals surface area contributed by atoms with Crippen molar-refractivity contribution in [3.05, 3.63) is 0 Å². The Morgan fingerprint density at radius 1 is 0.550 bits per heavy atom. The standard InChI is InChI=1S/C19H41N/c1-16(2,3)12-18(7,8)14-20(11)15-19(9,10)13-17(4,5)6/h12-15H2,1-11H3. The lowest BCUT2D eigenvalue weighted by Crippen LogP contribution is -2.40. The molecule has 0 radical (unpaired) electrons. The summed E-state index contributed by atoms with van der Waals surface area (Å²) in [6.07, 6.45) is 2.54. The number of rotatable bonds is 6. The van der Waals surface area contributed by atoms with Crippen LogP contribution in [0.4, 0.5) is 0 Å². The SMILES string of the molecule is CN(CC(C)(C)CC(C)(C)C)CC(C)(C)CC(C)(C)C. The van der Waals surface area contributed by atoms with Crippen LogP contribution in [0.2, 0.25) is 0 Å². The van der Waals surface area contributed by atoms with Gasteiger partial charge in [0.2, 0.25) is 0 Å². The first-order valence-electron chi connectivity index (χ1n) is 8.20. The van der Waals surface area contributed by atoms with E-state index in [0.29, 0.717) is 21.7 Å². The Morgan fingerprint density at radius 2 is 0.800 bits per heavy atom. The van der Waals surface area contributed by atoms with Gasteiger partial charge in [0, 0.05) is 13.1 Å². The zero-order valence-corrected chi connectivity index (χ0v) is 16.3. The number of hydrogen-bond donors (Lipinski definition) is 0. The minimum absolute atomic E-state index is 0.380. The molecule has 0 aromatic rings. The van der Waals surface area contributed by atoms with E-state index < -0.39 is 0 Å². The lowest BCUT2D eigenvalue weighted by atomic mass is 9.74. The van der Waals surface area contributed by atoms with Crippen molar-refractivity contribution in [3.8, 4) is 0 Å². The van der Waals surface area contributed by atoms with E-state index in [1.807, 2.05) is 0 Å². The maximum absolute atomic E-state index is 2.54. The van der Waals surface area contributed by atoms with E-state index in [2.05, 4.69) is 81.2 Å². The normalized spacial score (nSPS) is 15.0. The summed E-state index contributed by atoms with van der Waals surface area (Å²) in [6, 6.07) is 0. The first kappa shape index (κ1) is 20.0. The molecule has 122 valence electrons. The minimum Gasteiger partial charge on any atom is -0.305 e. The number of nitrogens with zero attached hydrogens (tertiary/aromatic N) is 1. The monoisotopic (exact) mass is 283 g/mol. The highest BCUT2D eigenvalue weighted by Gasteiger charge is 2.30. The van der Waals surface area contributed by atoms with Crippen molar-refractivity contribution in [2.75, 3.05) is 20.1 Å². The van der Waals surface area contributed by atoms with Gasteiger partial charge in [-0.2, -0.15) is 0 Å². The Bertz CT molecular complexity index is 256. The van der Waals surface area contributed by atoms with Crippen LogP contribution in [0, 0.1) is 21.7 Å². The Kier molecular flexibility index (Phi) is 6.37. The highest BCUT2D eigenvalue weighted by atomic mass is 15.1. The van der Waals surface area contributed by atoms with Crippen molar-refractivity contribution in [1.29, 1.82) is 0 Å². The first-order chi connectivity index (χ1) is 8.52. The molecule has 0 aliphatic heterocycles. The van der Waals surface area contributed by atoms with E-state index in [1.54, 1.807) is 0 Å². The summed E-state index contributed by atoms with van der Waals surface area (Å²) in [5.41, 5.74) is 1.58. The quantitative estimate of drug-likeness (QED) is 0.591. The van der Waals surface area contributed by atoms with Crippen molar-refractivity contribution in [1.82, 2.24) is 4.90 Å². The van der Waals surface area contributed by atoms with Gasteiger partial charge in [0.1, 0.15) is 0 Å². The molecule has 0 spiro atoms. The Labute approximate surface area is 129 Å². The van der Waals surface area contributed by atoms with Gasteiger partial charge in [0.05, 0.1) is 0 Å². The van der Waals surface area contributed by atoms with Crippen LogP contribution in [0.25, 0.3) is 0 Å². The molecule has 1 heteroatoms. The van der Waals surface area contributed by atoms with E-state index in [4.69, 9.17) is 0 Å². The third kappa shape index (κ3) is 10.7. The molecule has 0 unspecified atom stereocenters. The van der Waals surface area contributed by atoms with E-state index in [1.165, 1.54) is 25.9 Å². The molecule has 1 nitrogen and oxygen atoms in total. The predicted molar refractivity (Wildman–Crippen MR) is 93.2 cm³/mol. The molecule has 0 amide bonds. The largest absolute Gasteiger partial charge is 0.305 e. The van der Waals surface area contributed by atoms with Crippen LogP contribution in [0.5, 0.6) is 0 Å².